The summed E-state index contributed by atoms with van der Waals surface area (Å²) in [5.41, 5.74) is 1.15. The molecule has 0 radical (unpaired) electrons. The second-order valence-corrected chi connectivity index (χ2v) is 12.2. The van der Waals surface area contributed by atoms with Crippen LogP contribution in [0.2, 0.25) is 19.6 Å². The van der Waals surface area contributed by atoms with E-state index < -0.39 is 27.3 Å². The zero-order valence-corrected chi connectivity index (χ0v) is 18.0. The Bertz CT molecular complexity index is 408. The fourth-order valence-corrected chi connectivity index (χ4v) is 3.24. The molecule has 1 rings (SSSR count). The maximum absolute atomic E-state index is 11.7. The van der Waals surface area contributed by atoms with Gasteiger partial charge < -0.3 is 5.11 Å². The molecular formula is C15H28Cl2FOSiTi. The largest absolute Gasteiger partial charge is 0.508 e. The molecule has 0 heterocycles. The molecule has 0 aliphatic rings. The van der Waals surface area contributed by atoms with Crippen LogP contribution in [0.25, 0.3) is 0 Å². The van der Waals surface area contributed by atoms with Gasteiger partial charge in [0.15, 0.2) is 0 Å². The summed E-state index contributed by atoms with van der Waals surface area (Å²) in [6.07, 6.45) is 1.90. The van der Waals surface area contributed by atoms with Crippen LogP contribution in [0.3, 0.4) is 0 Å². The maximum Gasteiger partial charge on any atom is 0.115 e. The average molecular weight is 390 g/mol. The van der Waals surface area contributed by atoms with Crippen LogP contribution in [0.4, 0.5) is 3.09 Å². The van der Waals surface area contributed by atoms with Crippen molar-refractivity contribution in [2.75, 3.05) is 0 Å². The zero-order chi connectivity index (χ0) is 15.1. The van der Waals surface area contributed by atoms with E-state index in [2.05, 4.69) is 25.7 Å². The molecule has 0 saturated heterocycles. The van der Waals surface area contributed by atoms with E-state index >= 15 is 0 Å². The molecule has 0 unspecified atom stereocenters. The average Bonchev–Trinajstić information content (AvgIpc) is 2.30. The molecule has 1 N–H and O–H groups in total. The summed E-state index contributed by atoms with van der Waals surface area (Å²) < 4.78 is 12.9. The predicted molar refractivity (Wildman–Crippen MR) is 97.0 cm³/mol. The first kappa shape index (κ1) is 26.2. The molecule has 0 bridgehead atoms. The second kappa shape index (κ2) is 12.8. The minimum atomic E-state index is -1.26. The Balaban J connectivity index is -0.000000317. The van der Waals surface area contributed by atoms with Crippen LogP contribution in [0, 0.1) is 6.92 Å². The summed E-state index contributed by atoms with van der Waals surface area (Å²) >= 11 is -1.15. The van der Waals surface area contributed by atoms with Gasteiger partial charge in [0.1, 0.15) is 5.75 Å². The minimum Gasteiger partial charge on any atom is -0.508 e. The summed E-state index contributed by atoms with van der Waals surface area (Å²) in [6.45, 7) is 12.9. The van der Waals surface area contributed by atoms with Crippen molar-refractivity contribution in [3.63, 3.8) is 0 Å². The van der Waals surface area contributed by atoms with Gasteiger partial charge in [-0.3, -0.25) is 0 Å². The first-order valence-corrected chi connectivity index (χ1v) is 11.6. The van der Waals surface area contributed by atoms with Crippen molar-refractivity contribution in [1.29, 1.82) is 0 Å². The fourth-order valence-electron chi connectivity index (χ4n) is 1.58. The molecule has 0 atom stereocenters. The molecule has 0 aliphatic heterocycles. The van der Waals surface area contributed by atoms with Gasteiger partial charge in [0.2, 0.25) is 0 Å². The van der Waals surface area contributed by atoms with E-state index in [1.54, 1.807) is 6.07 Å². The van der Waals surface area contributed by atoms with Gasteiger partial charge in [0, 0.05) is 0 Å². The minimum absolute atomic E-state index is 0. The third-order valence-electron chi connectivity index (χ3n) is 2.92. The molecule has 1 aromatic carbocycles. The molecule has 1 nitrogen and oxygen atoms in total. The maximum atomic E-state index is 11.7. The van der Waals surface area contributed by atoms with Gasteiger partial charge in [0.25, 0.3) is 0 Å². The van der Waals surface area contributed by atoms with E-state index in [0.29, 0.717) is 5.75 Å². The van der Waals surface area contributed by atoms with Crippen LogP contribution in [0.15, 0.2) is 18.2 Å². The number of halogens is 3. The van der Waals surface area contributed by atoms with Crippen molar-refractivity contribution >= 4 is 41.9 Å². The van der Waals surface area contributed by atoms with Crippen LogP contribution in [0.5, 0.6) is 5.75 Å². The Morgan fingerprint density at radius 3 is 1.81 bits per heavy atom. The Kier molecular flexibility index (Phi) is 16.0. The van der Waals surface area contributed by atoms with E-state index in [9.17, 15) is 8.20 Å². The van der Waals surface area contributed by atoms with Crippen LogP contribution < -0.4 is 5.19 Å². The Morgan fingerprint density at radius 1 is 1.10 bits per heavy atom. The molecule has 6 heteroatoms. The molecular weight excluding hydrogens is 362 g/mol. The van der Waals surface area contributed by atoms with E-state index in [4.69, 9.17) is 0 Å². The molecule has 21 heavy (non-hydrogen) atoms. The Hall–Kier alpha value is 0.331. The molecule has 0 fully saturated rings. The normalized spacial score (nSPS) is 9.29. The quantitative estimate of drug-likeness (QED) is 0.718. The van der Waals surface area contributed by atoms with Crippen molar-refractivity contribution in [2.24, 2.45) is 0 Å². The van der Waals surface area contributed by atoms with E-state index in [1.807, 2.05) is 26.8 Å². The SMILES string of the molecule is CC[C](CC)=[Ti][F].Cc1cc(O)cc([Si](C)(C)C)c1.Cl.Cl. The van der Waals surface area contributed by atoms with Crippen molar-refractivity contribution < 1.29 is 27.4 Å². The van der Waals surface area contributed by atoms with Gasteiger partial charge in [-0.1, -0.05) is 30.9 Å². The van der Waals surface area contributed by atoms with Crippen LogP contribution in [0.1, 0.15) is 32.3 Å². The summed E-state index contributed by atoms with van der Waals surface area (Å²) in [6, 6.07) is 5.86. The van der Waals surface area contributed by atoms with Crippen molar-refractivity contribution in [2.45, 2.75) is 53.3 Å². The number of phenolic OH excluding ortho intramolecular Hbond substituents is 1. The van der Waals surface area contributed by atoms with E-state index in [1.165, 1.54) is 5.19 Å². The third-order valence-corrected chi connectivity index (χ3v) is 6.46. The number of phenols is 1. The van der Waals surface area contributed by atoms with Crippen molar-refractivity contribution in [3.05, 3.63) is 23.8 Å². The van der Waals surface area contributed by atoms with Gasteiger partial charge in [-0.15, -0.1) is 24.8 Å². The van der Waals surface area contributed by atoms with Crippen molar-refractivity contribution in [3.8, 4) is 5.75 Å². The molecule has 123 valence electrons. The van der Waals surface area contributed by atoms with Crippen LogP contribution >= 0.6 is 24.8 Å². The van der Waals surface area contributed by atoms with E-state index in [0.717, 1.165) is 22.2 Å². The smallest absolute Gasteiger partial charge is 0.115 e. The number of rotatable bonds is 3. The Morgan fingerprint density at radius 2 is 1.57 bits per heavy atom. The monoisotopic (exact) mass is 389 g/mol. The number of aromatic hydroxyl groups is 1. The van der Waals surface area contributed by atoms with Gasteiger partial charge in [-0.05, 0) is 24.6 Å². The predicted octanol–water partition coefficient (Wildman–Crippen LogP) is 5.04. The topological polar surface area (TPSA) is 20.2 Å². The fraction of sp³-hybridized carbons (Fsp3) is 0.533. The summed E-state index contributed by atoms with van der Waals surface area (Å²) in [5, 5.41) is 10.7. The van der Waals surface area contributed by atoms with Crippen LogP contribution in [-0.2, 0) is 19.2 Å². The van der Waals surface area contributed by atoms with Crippen molar-refractivity contribution in [1.82, 2.24) is 0 Å². The molecule has 1 aromatic rings. The van der Waals surface area contributed by atoms with Crippen LogP contribution in [-0.4, -0.2) is 17.0 Å². The number of hydrogen-bond acceptors (Lipinski definition) is 1. The number of aryl methyl sites for hydroxylation is 1. The standard InChI is InChI=1S/C10H16OSi.C5H10.2ClH.FH.Ti/c1-8-5-9(11)7-10(6-8)12(2,3)4;1-3-5-4-2;;;;/h5-7,11H,1-4H3;3-4H2,1-2H3;3*1H;/q;;;;;+1/p-1. The molecule has 0 saturated carbocycles. The molecule has 0 aromatic heterocycles. The zero-order valence-electron chi connectivity index (χ0n) is 13.8. The van der Waals surface area contributed by atoms with Gasteiger partial charge in [-0.25, -0.2) is 0 Å². The first-order valence-electron chi connectivity index (χ1n) is 6.77. The summed E-state index contributed by atoms with van der Waals surface area (Å²) in [5.74, 6) is 0.396. The number of hydrogen-bond donors (Lipinski definition) is 1. The molecule has 0 aliphatic carbocycles. The first-order chi connectivity index (χ1) is 8.74. The van der Waals surface area contributed by atoms with Gasteiger partial charge in [-0.2, -0.15) is 0 Å². The molecule has 0 spiro atoms. The van der Waals surface area contributed by atoms with E-state index in [-0.39, 0.29) is 24.8 Å². The second-order valence-electron chi connectivity index (χ2n) is 5.71. The summed E-state index contributed by atoms with van der Waals surface area (Å²) in [7, 11) is -1.26. The Labute approximate surface area is 151 Å². The molecule has 0 amide bonds. The third kappa shape index (κ3) is 11.5. The number of benzene rings is 1. The van der Waals surface area contributed by atoms with Gasteiger partial charge >= 0.3 is 52.8 Å². The summed E-state index contributed by atoms with van der Waals surface area (Å²) in [4.78, 5) is 0. The van der Waals surface area contributed by atoms with Gasteiger partial charge in [0.05, 0.1) is 8.07 Å².